The fourth-order valence-corrected chi connectivity index (χ4v) is 4.12. The first-order valence-corrected chi connectivity index (χ1v) is 10.2. The second-order valence-corrected chi connectivity index (χ2v) is 7.67. The number of benzene rings is 2. The first-order valence-electron chi connectivity index (χ1n) is 10.2. The van der Waals surface area contributed by atoms with Crippen molar-refractivity contribution in [3.8, 4) is 22.4 Å². The van der Waals surface area contributed by atoms with Gasteiger partial charge in [0.15, 0.2) is 5.65 Å². The molecule has 1 saturated heterocycles. The molecule has 0 saturated carbocycles. The molecule has 29 heavy (non-hydrogen) atoms. The van der Waals surface area contributed by atoms with Crippen LogP contribution in [0.1, 0.15) is 11.3 Å². The highest BCUT2D eigenvalue weighted by atomic mass is 15.4. The van der Waals surface area contributed by atoms with Gasteiger partial charge >= 0.3 is 0 Å². The summed E-state index contributed by atoms with van der Waals surface area (Å²) in [7, 11) is 0. The number of piperazine rings is 1. The molecule has 5 heteroatoms. The Morgan fingerprint density at radius 3 is 2.38 bits per heavy atom. The highest BCUT2D eigenvalue weighted by molar-refractivity contribution is 5.83. The second-order valence-electron chi connectivity index (χ2n) is 7.67. The molecule has 4 aromatic rings. The molecule has 0 radical (unpaired) electrons. The standard InChI is InChI=1S/C24H25N5/c1-17-7-6-10-20(15-17)21-16-22(28-13-11-25-12-14-28)29-24(26-21)23(18(2)27-29)19-8-4-3-5-9-19/h3-10,15-16,25H,11-14H2,1-2H3. The van der Waals surface area contributed by atoms with E-state index in [4.69, 9.17) is 10.1 Å². The Labute approximate surface area is 171 Å². The van der Waals surface area contributed by atoms with E-state index in [1.54, 1.807) is 0 Å². The Morgan fingerprint density at radius 1 is 0.862 bits per heavy atom. The van der Waals surface area contributed by atoms with Crippen LogP contribution < -0.4 is 10.2 Å². The molecule has 0 spiro atoms. The van der Waals surface area contributed by atoms with Crippen LogP contribution in [0.2, 0.25) is 0 Å². The lowest BCUT2D eigenvalue weighted by Gasteiger charge is -2.29. The Bertz CT molecular complexity index is 1160. The lowest BCUT2D eigenvalue weighted by atomic mass is 10.1. The van der Waals surface area contributed by atoms with E-state index in [0.717, 1.165) is 65.7 Å². The molecule has 0 atom stereocenters. The summed E-state index contributed by atoms with van der Waals surface area (Å²) in [6.07, 6.45) is 0. The van der Waals surface area contributed by atoms with Gasteiger partial charge in [0.25, 0.3) is 0 Å². The summed E-state index contributed by atoms with van der Waals surface area (Å²) >= 11 is 0. The third kappa shape index (κ3) is 3.28. The SMILES string of the molecule is Cc1cccc(-c2cc(N3CCNCC3)n3nc(C)c(-c4ccccc4)c3n2)c1. The van der Waals surface area contributed by atoms with Gasteiger partial charge in [-0.05, 0) is 25.5 Å². The summed E-state index contributed by atoms with van der Waals surface area (Å²) in [6, 6.07) is 21.2. The van der Waals surface area contributed by atoms with E-state index in [0.29, 0.717) is 0 Å². The lowest BCUT2D eigenvalue weighted by molar-refractivity contribution is 0.579. The molecule has 0 unspecified atom stereocenters. The van der Waals surface area contributed by atoms with Crippen molar-refractivity contribution in [1.29, 1.82) is 0 Å². The van der Waals surface area contributed by atoms with Crippen LogP contribution in [0.5, 0.6) is 0 Å². The number of anilines is 1. The summed E-state index contributed by atoms with van der Waals surface area (Å²) in [5.74, 6) is 1.11. The maximum atomic E-state index is 5.10. The molecule has 1 fully saturated rings. The zero-order valence-electron chi connectivity index (χ0n) is 16.9. The minimum Gasteiger partial charge on any atom is -0.354 e. The van der Waals surface area contributed by atoms with E-state index < -0.39 is 0 Å². The Morgan fingerprint density at radius 2 is 1.62 bits per heavy atom. The van der Waals surface area contributed by atoms with Crippen molar-refractivity contribution in [2.24, 2.45) is 0 Å². The lowest BCUT2D eigenvalue weighted by Crippen LogP contribution is -2.44. The number of fused-ring (bicyclic) bond motifs is 1. The van der Waals surface area contributed by atoms with E-state index in [1.807, 2.05) is 10.6 Å². The Kier molecular flexibility index (Phi) is 4.52. The number of nitrogens with one attached hydrogen (secondary N) is 1. The molecule has 1 aliphatic heterocycles. The number of nitrogens with zero attached hydrogens (tertiary/aromatic N) is 4. The molecule has 3 heterocycles. The van der Waals surface area contributed by atoms with Gasteiger partial charge in [0.1, 0.15) is 5.82 Å². The van der Waals surface area contributed by atoms with Crippen molar-refractivity contribution in [2.45, 2.75) is 13.8 Å². The third-order valence-corrected chi connectivity index (χ3v) is 5.56. The quantitative estimate of drug-likeness (QED) is 0.579. The summed E-state index contributed by atoms with van der Waals surface area (Å²) in [6.45, 7) is 8.09. The van der Waals surface area contributed by atoms with Crippen LogP contribution in [0, 0.1) is 13.8 Å². The number of aromatic nitrogens is 3. The van der Waals surface area contributed by atoms with Crippen LogP contribution in [-0.2, 0) is 0 Å². The van der Waals surface area contributed by atoms with Crippen molar-refractivity contribution < 1.29 is 0 Å². The predicted octanol–water partition coefficient (Wildman–Crippen LogP) is 4.09. The highest BCUT2D eigenvalue weighted by Crippen LogP contribution is 2.32. The van der Waals surface area contributed by atoms with E-state index >= 15 is 0 Å². The summed E-state index contributed by atoms with van der Waals surface area (Å²) < 4.78 is 2.03. The van der Waals surface area contributed by atoms with Gasteiger partial charge in [0.05, 0.1) is 11.4 Å². The molecule has 1 N–H and O–H groups in total. The fraction of sp³-hybridized carbons (Fsp3) is 0.250. The summed E-state index contributed by atoms with van der Waals surface area (Å²) in [5.41, 5.74) is 7.55. The first kappa shape index (κ1) is 17.9. The van der Waals surface area contributed by atoms with Gasteiger partial charge in [0, 0.05) is 43.4 Å². The van der Waals surface area contributed by atoms with Crippen molar-refractivity contribution in [3.63, 3.8) is 0 Å². The van der Waals surface area contributed by atoms with Crippen LogP contribution in [0.3, 0.4) is 0 Å². The summed E-state index contributed by atoms with van der Waals surface area (Å²) in [5, 5.41) is 8.35. The van der Waals surface area contributed by atoms with Crippen molar-refractivity contribution >= 4 is 11.5 Å². The van der Waals surface area contributed by atoms with E-state index in [-0.39, 0.29) is 0 Å². The molecular formula is C24H25N5. The number of aryl methyl sites for hydroxylation is 2. The minimum absolute atomic E-state index is 0.918. The van der Waals surface area contributed by atoms with Gasteiger partial charge in [0.2, 0.25) is 0 Å². The monoisotopic (exact) mass is 383 g/mol. The van der Waals surface area contributed by atoms with Crippen molar-refractivity contribution in [2.75, 3.05) is 31.1 Å². The van der Waals surface area contributed by atoms with Crippen LogP contribution in [0.15, 0.2) is 60.7 Å². The van der Waals surface area contributed by atoms with Gasteiger partial charge < -0.3 is 10.2 Å². The Balaban J connectivity index is 1.78. The van der Waals surface area contributed by atoms with Gasteiger partial charge in [-0.2, -0.15) is 9.61 Å². The molecule has 1 aliphatic rings. The van der Waals surface area contributed by atoms with Crippen LogP contribution in [0.4, 0.5) is 5.82 Å². The second kappa shape index (κ2) is 7.33. The van der Waals surface area contributed by atoms with Crippen LogP contribution in [0.25, 0.3) is 28.0 Å². The average molecular weight is 383 g/mol. The molecule has 0 bridgehead atoms. The number of rotatable bonds is 3. The van der Waals surface area contributed by atoms with Gasteiger partial charge in [-0.1, -0.05) is 54.1 Å². The third-order valence-electron chi connectivity index (χ3n) is 5.56. The van der Waals surface area contributed by atoms with Gasteiger partial charge in [-0.25, -0.2) is 4.98 Å². The average Bonchev–Trinajstić information content (AvgIpc) is 3.10. The van der Waals surface area contributed by atoms with Crippen LogP contribution >= 0.6 is 0 Å². The molecular weight excluding hydrogens is 358 g/mol. The molecule has 2 aromatic carbocycles. The first-order chi connectivity index (χ1) is 14.2. The molecule has 146 valence electrons. The predicted molar refractivity (Wildman–Crippen MR) is 118 cm³/mol. The molecule has 0 aliphatic carbocycles. The van der Waals surface area contributed by atoms with E-state index in [1.165, 1.54) is 5.56 Å². The van der Waals surface area contributed by atoms with E-state index in [9.17, 15) is 0 Å². The topological polar surface area (TPSA) is 45.5 Å². The van der Waals surface area contributed by atoms with Crippen molar-refractivity contribution in [3.05, 3.63) is 71.9 Å². The van der Waals surface area contributed by atoms with Gasteiger partial charge in [-0.3, -0.25) is 0 Å². The smallest absolute Gasteiger partial charge is 0.166 e. The fourth-order valence-electron chi connectivity index (χ4n) is 4.12. The zero-order valence-corrected chi connectivity index (χ0v) is 16.9. The minimum atomic E-state index is 0.918. The van der Waals surface area contributed by atoms with E-state index in [2.05, 4.69) is 78.7 Å². The molecule has 2 aromatic heterocycles. The molecule has 5 nitrogen and oxygen atoms in total. The largest absolute Gasteiger partial charge is 0.354 e. The summed E-state index contributed by atoms with van der Waals surface area (Å²) in [4.78, 5) is 7.51. The van der Waals surface area contributed by atoms with Gasteiger partial charge in [-0.15, -0.1) is 0 Å². The highest BCUT2D eigenvalue weighted by Gasteiger charge is 2.21. The zero-order chi connectivity index (χ0) is 19.8. The molecule has 5 rings (SSSR count). The maximum Gasteiger partial charge on any atom is 0.166 e. The number of hydrogen-bond acceptors (Lipinski definition) is 4. The Hall–Kier alpha value is -3.18. The maximum absolute atomic E-state index is 5.10. The van der Waals surface area contributed by atoms with Crippen LogP contribution in [-0.4, -0.2) is 40.8 Å². The normalized spacial score (nSPS) is 14.5. The molecule has 0 amide bonds. The van der Waals surface area contributed by atoms with Crippen molar-refractivity contribution in [1.82, 2.24) is 19.9 Å². The number of hydrogen-bond donors (Lipinski definition) is 1.